The first-order valence-corrected chi connectivity index (χ1v) is 9.19. The molecule has 2 N–H and O–H groups in total. The van der Waals surface area contributed by atoms with Crippen LogP contribution in [0.1, 0.15) is 31.1 Å². The second-order valence-electron chi connectivity index (χ2n) is 6.09. The van der Waals surface area contributed by atoms with E-state index in [9.17, 15) is 4.39 Å². The van der Waals surface area contributed by atoms with Crippen molar-refractivity contribution in [2.75, 3.05) is 25.0 Å². The standard InChI is InChI=1S/C18H21ClFN3OS/c19-14-11-13(6-7-15(14)20)22-18(25)21-12-16(17-5-4-10-24-17)23-8-2-1-3-9-23/h4-7,10-11,16H,1-3,8-9,12H2,(H2,21,22,25)/t16-/m1/s1. The van der Waals surface area contributed by atoms with E-state index in [2.05, 4.69) is 15.5 Å². The van der Waals surface area contributed by atoms with Gasteiger partial charge in [-0.25, -0.2) is 4.39 Å². The molecule has 1 aromatic heterocycles. The minimum atomic E-state index is -0.450. The Morgan fingerprint density at radius 2 is 2.08 bits per heavy atom. The lowest BCUT2D eigenvalue weighted by atomic mass is 10.1. The summed E-state index contributed by atoms with van der Waals surface area (Å²) in [6.45, 7) is 2.75. The first-order chi connectivity index (χ1) is 12.1. The van der Waals surface area contributed by atoms with Crippen LogP contribution in [0.25, 0.3) is 0 Å². The lowest BCUT2D eigenvalue weighted by Gasteiger charge is -2.33. The van der Waals surface area contributed by atoms with Gasteiger partial charge >= 0.3 is 0 Å². The smallest absolute Gasteiger partial charge is 0.170 e. The van der Waals surface area contributed by atoms with Gasteiger partial charge in [0.25, 0.3) is 0 Å². The van der Waals surface area contributed by atoms with Gasteiger partial charge in [0, 0.05) is 12.2 Å². The molecule has 3 rings (SSSR count). The lowest BCUT2D eigenvalue weighted by molar-refractivity contribution is 0.146. The third kappa shape index (κ3) is 4.93. The van der Waals surface area contributed by atoms with Gasteiger partial charge in [0.05, 0.1) is 17.3 Å². The van der Waals surface area contributed by atoms with Crippen molar-refractivity contribution in [3.63, 3.8) is 0 Å². The van der Waals surface area contributed by atoms with Crippen LogP contribution in [0.2, 0.25) is 5.02 Å². The number of thiocarbonyl (C=S) groups is 1. The van der Waals surface area contributed by atoms with E-state index >= 15 is 0 Å². The number of nitrogens with zero attached hydrogens (tertiary/aromatic N) is 1. The molecule has 134 valence electrons. The van der Waals surface area contributed by atoms with Crippen LogP contribution in [0.3, 0.4) is 0 Å². The zero-order valence-electron chi connectivity index (χ0n) is 13.8. The number of piperidine rings is 1. The molecule has 2 aromatic rings. The van der Waals surface area contributed by atoms with E-state index in [1.165, 1.54) is 31.4 Å². The van der Waals surface area contributed by atoms with Gasteiger partial charge in [0.2, 0.25) is 0 Å². The van der Waals surface area contributed by atoms with Crippen molar-refractivity contribution in [1.29, 1.82) is 0 Å². The number of likely N-dealkylation sites (tertiary alicyclic amines) is 1. The van der Waals surface area contributed by atoms with Crippen LogP contribution in [-0.2, 0) is 0 Å². The number of anilines is 1. The monoisotopic (exact) mass is 381 g/mol. The summed E-state index contributed by atoms with van der Waals surface area (Å²) in [6, 6.07) is 8.46. The Bertz CT molecular complexity index is 704. The molecular weight excluding hydrogens is 361 g/mol. The van der Waals surface area contributed by atoms with Crippen molar-refractivity contribution < 1.29 is 8.81 Å². The number of rotatable bonds is 5. The molecule has 0 amide bonds. The van der Waals surface area contributed by atoms with Crippen LogP contribution in [0.4, 0.5) is 10.1 Å². The fourth-order valence-corrected chi connectivity index (χ4v) is 3.44. The van der Waals surface area contributed by atoms with Gasteiger partial charge in [-0.1, -0.05) is 18.0 Å². The first kappa shape index (κ1) is 18.2. The fraction of sp³-hybridized carbons (Fsp3) is 0.389. The summed E-state index contributed by atoms with van der Waals surface area (Å²) in [5.41, 5.74) is 0.649. The highest BCUT2D eigenvalue weighted by Crippen LogP contribution is 2.24. The van der Waals surface area contributed by atoms with Crippen molar-refractivity contribution in [2.45, 2.75) is 25.3 Å². The van der Waals surface area contributed by atoms with E-state index in [1.54, 1.807) is 12.3 Å². The summed E-state index contributed by atoms with van der Waals surface area (Å²) in [5.74, 6) is 0.483. The average Bonchev–Trinajstić information content (AvgIpc) is 3.14. The molecule has 0 unspecified atom stereocenters. The third-order valence-electron chi connectivity index (χ3n) is 4.34. The Balaban J connectivity index is 1.60. The summed E-state index contributed by atoms with van der Waals surface area (Å²) < 4.78 is 18.9. The minimum Gasteiger partial charge on any atom is -0.468 e. The Labute approximate surface area is 157 Å². The molecule has 1 saturated heterocycles. The van der Waals surface area contributed by atoms with Crippen LogP contribution in [-0.4, -0.2) is 29.6 Å². The zero-order valence-corrected chi connectivity index (χ0v) is 15.4. The molecule has 1 fully saturated rings. The highest BCUT2D eigenvalue weighted by atomic mass is 35.5. The molecular formula is C18H21ClFN3OS. The zero-order chi connectivity index (χ0) is 17.6. The van der Waals surface area contributed by atoms with Gasteiger partial charge in [-0.15, -0.1) is 0 Å². The second-order valence-corrected chi connectivity index (χ2v) is 6.91. The molecule has 0 spiro atoms. The Morgan fingerprint density at radius 3 is 2.76 bits per heavy atom. The summed E-state index contributed by atoms with van der Waals surface area (Å²) in [4.78, 5) is 2.42. The van der Waals surface area contributed by atoms with Crippen molar-refractivity contribution >= 4 is 34.6 Å². The first-order valence-electron chi connectivity index (χ1n) is 8.41. The van der Waals surface area contributed by atoms with Crippen molar-refractivity contribution in [2.24, 2.45) is 0 Å². The molecule has 1 aliphatic heterocycles. The van der Waals surface area contributed by atoms with Crippen molar-refractivity contribution in [1.82, 2.24) is 10.2 Å². The highest BCUT2D eigenvalue weighted by molar-refractivity contribution is 7.80. The molecule has 7 heteroatoms. The largest absolute Gasteiger partial charge is 0.468 e. The summed E-state index contributed by atoms with van der Waals surface area (Å²) >= 11 is 11.1. The van der Waals surface area contributed by atoms with E-state index in [1.807, 2.05) is 12.1 Å². The quantitative estimate of drug-likeness (QED) is 0.741. The Kier molecular flexibility index (Phi) is 6.29. The van der Waals surface area contributed by atoms with Gasteiger partial charge < -0.3 is 15.1 Å². The molecule has 2 heterocycles. The highest BCUT2D eigenvalue weighted by Gasteiger charge is 2.24. The molecule has 1 atom stereocenters. The van der Waals surface area contributed by atoms with Crippen LogP contribution < -0.4 is 10.6 Å². The SMILES string of the molecule is Fc1ccc(NC(=S)NC[C@H](c2ccco2)N2CCCCC2)cc1Cl. The number of hydrogen-bond acceptors (Lipinski definition) is 3. The fourth-order valence-electron chi connectivity index (χ4n) is 3.06. The number of furan rings is 1. The molecule has 25 heavy (non-hydrogen) atoms. The summed E-state index contributed by atoms with van der Waals surface area (Å²) in [5, 5.41) is 6.80. The average molecular weight is 382 g/mol. The van der Waals surface area contributed by atoms with Crippen LogP contribution in [0.5, 0.6) is 0 Å². The van der Waals surface area contributed by atoms with Crippen molar-refractivity contribution in [3.05, 3.63) is 53.2 Å². The minimum absolute atomic E-state index is 0.0644. The molecule has 0 radical (unpaired) electrons. The van der Waals surface area contributed by atoms with Gasteiger partial charge in [-0.2, -0.15) is 0 Å². The van der Waals surface area contributed by atoms with Crippen LogP contribution >= 0.6 is 23.8 Å². The van der Waals surface area contributed by atoms with E-state index in [0.29, 0.717) is 17.3 Å². The van der Waals surface area contributed by atoms with Crippen LogP contribution in [0.15, 0.2) is 41.0 Å². The topological polar surface area (TPSA) is 40.4 Å². The maximum atomic E-state index is 13.2. The molecule has 0 saturated carbocycles. The van der Waals surface area contributed by atoms with Gasteiger partial charge in [-0.05, 0) is 68.5 Å². The summed E-state index contributed by atoms with van der Waals surface area (Å²) in [7, 11) is 0. The van der Waals surface area contributed by atoms with E-state index in [-0.39, 0.29) is 11.1 Å². The number of nitrogens with one attached hydrogen (secondary N) is 2. The number of benzene rings is 1. The molecule has 0 aliphatic carbocycles. The third-order valence-corrected chi connectivity index (χ3v) is 4.87. The Hall–Kier alpha value is -1.63. The van der Waals surface area contributed by atoms with Crippen molar-refractivity contribution in [3.8, 4) is 0 Å². The number of halogens is 2. The van der Waals surface area contributed by atoms with Gasteiger partial charge in [0.15, 0.2) is 5.11 Å². The van der Waals surface area contributed by atoms with Gasteiger partial charge in [0.1, 0.15) is 11.6 Å². The Morgan fingerprint density at radius 1 is 1.28 bits per heavy atom. The van der Waals surface area contributed by atoms with E-state index in [4.69, 9.17) is 28.2 Å². The molecule has 1 aliphatic rings. The second kappa shape index (κ2) is 8.65. The van der Waals surface area contributed by atoms with Gasteiger partial charge in [-0.3, -0.25) is 4.90 Å². The van der Waals surface area contributed by atoms with E-state index < -0.39 is 5.82 Å². The van der Waals surface area contributed by atoms with E-state index in [0.717, 1.165) is 18.8 Å². The normalized spacial score (nSPS) is 16.4. The molecule has 1 aromatic carbocycles. The molecule has 4 nitrogen and oxygen atoms in total. The predicted molar refractivity (Wildman–Crippen MR) is 103 cm³/mol. The van der Waals surface area contributed by atoms with Crippen LogP contribution in [0, 0.1) is 5.82 Å². The summed E-state index contributed by atoms with van der Waals surface area (Å²) in [6.07, 6.45) is 5.38. The molecule has 0 bridgehead atoms. The maximum Gasteiger partial charge on any atom is 0.170 e. The maximum absolute atomic E-state index is 13.2. The predicted octanol–water partition coefficient (Wildman–Crippen LogP) is 4.59. The lowest BCUT2D eigenvalue weighted by Crippen LogP contribution is -2.41. The number of hydrogen-bond donors (Lipinski definition) is 2.